The van der Waals surface area contributed by atoms with Crippen LogP contribution < -0.4 is 11.4 Å². The van der Waals surface area contributed by atoms with Crippen LogP contribution in [0.15, 0.2) is 23.0 Å². The molecule has 1 saturated carbocycles. The lowest BCUT2D eigenvalue weighted by Gasteiger charge is -2.29. The maximum atomic E-state index is 13.1. The van der Waals surface area contributed by atoms with Gasteiger partial charge in [0.25, 0.3) is 0 Å². The molecule has 41 heavy (non-hydrogen) atoms. The molecule has 1 unspecified atom stereocenters. The lowest BCUT2D eigenvalue weighted by Crippen LogP contribution is -2.41. The van der Waals surface area contributed by atoms with Gasteiger partial charge in [-0.05, 0) is 56.8 Å². The summed E-state index contributed by atoms with van der Waals surface area (Å²) in [4.78, 5) is 39.7. The highest BCUT2D eigenvalue weighted by Crippen LogP contribution is 2.28. The van der Waals surface area contributed by atoms with Crippen molar-refractivity contribution in [2.24, 2.45) is 12.8 Å². The molecule has 0 bridgehead atoms. The van der Waals surface area contributed by atoms with Gasteiger partial charge in [-0.15, -0.1) is 0 Å². The van der Waals surface area contributed by atoms with Crippen LogP contribution in [-0.2, 0) is 42.0 Å². The highest BCUT2D eigenvalue weighted by Gasteiger charge is 2.31. The zero-order chi connectivity index (χ0) is 29.0. The molecule has 11 nitrogen and oxygen atoms in total. The molecule has 1 aliphatic carbocycles. The fourth-order valence-corrected chi connectivity index (χ4v) is 5.65. The van der Waals surface area contributed by atoms with Gasteiger partial charge in [0, 0.05) is 32.7 Å². The van der Waals surface area contributed by atoms with E-state index in [0.717, 1.165) is 68.5 Å². The third-order valence-electron chi connectivity index (χ3n) is 7.97. The van der Waals surface area contributed by atoms with Crippen LogP contribution in [0.25, 0.3) is 11.0 Å². The Labute approximate surface area is 241 Å². The Morgan fingerprint density at radius 2 is 1.49 bits per heavy atom. The van der Waals surface area contributed by atoms with E-state index in [4.69, 9.17) is 24.7 Å². The van der Waals surface area contributed by atoms with Gasteiger partial charge in [-0.3, -0.25) is 18.7 Å². The van der Waals surface area contributed by atoms with Gasteiger partial charge < -0.3 is 29.6 Å². The molecule has 1 aliphatic heterocycles. The Balaban J connectivity index is 1.05. The topological polar surface area (TPSA) is 127 Å². The quantitative estimate of drug-likeness (QED) is 0.222. The van der Waals surface area contributed by atoms with Gasteiger partial charge in [0.2, 0.25) is 0 Å². The number of piperidine rings is 1. The number of ether oxygens (including phenoxy) is 4. The number of ketones is 2. The van der Waals surface area contributed by atoms with Crippen molar-refractivity contribution >= 4 is 22.6 Å². The Kier molecular flexibility index (Phi) is 12.5. The first-order chi connectivity index (χ1) is 20.0. The fraction of sp³-hybridized carbons (Fsp3) is 0.700. The van der Waals surface area contributed by atoms with Crippen molar-refractivity contribution in [1.82, 2.24) is 14.0 Å². The Morgan fingerprint density at radius 3 is 2.15 bits per heavy atom. The molecule has 0 amide bonds. The first-order valence-corrected chi connectivity index (χ1v) is 15.0. The number of nitrogens with zero attached hydrogens (tertiary/aromatic N) is 3. The van der Waals surface area contributed by atoms with Crippen molar-refractivity contribution in [2.45, 2.75) is 57.0 Å². The molecule has 2 N–H and O–H groups in total. The first kappa shape index (κ1) is 31.5. The smallest absolute Gasteiger partial charge is 0.329 e. The van der Waals surface area contributed by atoms with Crippen LogP contribution in [0.5, 0.6) is 0 Å². The number of hydrogen-bond acceptors (Lipinski definition) is 9. The SMILES string of the molecule is Cn1c(=O)n(C2CCC(=O)CC2=O)c2cccc(CCCOCCOCCOCCOCCN3CCC(N)CC3)c21. The Morgan fingerprint density at radius 1 is 0.854 bits per heavy atom. The zero-order valence-electron chi connectivity index (χ0n) is 24.4. The normalized spacial score (nSPS) is 19.0. The molecule has 4 rings (SSSR count). The number of fused-ring (bicyclic) bond motifs is 1. The number of carbonyl (C=O) groups excluding carboxylic acids is 2. The summed E-state index contributed by atoms with van der Waals surface area (Å²) >= 11 is 0. The molecule has 1 atom stereocenters. The summed E-state index contributed by atoms with van der Waals surface area (Å²) in [5.74, 6) is -0.229. The van der Waals surface area contributed by atoms with Crippen molar-refractivity contribution in [1.29, 1.82) is 0 Å². The van der Waals surface area contributed by atoms with Gasteiger partial charge >= 0.3 is 5.69 Å². The standard InChI is InChI=1S/C30H46N4O7/c1-32-29-23(4-2-6-27(29)34(30(32)37)26-8-7-25(35)22-28(26)36)5-3-14-38-16-18-40-20-21-41-19-17-39-15-13-33-11-9-24(31)10-12-33/h2,4,6,24,26H,3,5,7-22,31H2,1H3. The number of aryl methyl sites for hydroxylation is 2. The molecule has 0 spiro atoms. The van der Waals surface area contributed by atoms with Gasteiger partial charge in [0.05, 0.1) is 69.7 Å². The summed E-state index contributed by atoms with van der Waals surface area (Å²) in [5, 5.41) is 0. The van der Waals surface area contributed by atoms with Crippen LogP contribution in [0.4, 0.5) is 0 Å². The largest absolute Gasteiger partial charge is 0.379 e. The van der Waals surface area contributed by atoms with Crippen LogP contribution in [-0.4, -0.2) is 104 Å². The second-order valence-electron chi connectivity index (χ2n) is 11.0. The Bertz CT molecular complexity index is 1190. The average Bonchev–Trinajstić information content (AvgIpc) is 3.22. The summed E-state index contributed by atoms with van der Waals surface area (Å²) < 4.78 is 25.7. The van der Waals surface area contributed by atoms with Gasteiger partial charge in [-0.1, -0.05) is 12.1 Å². The van der Waals surface area contributed by atoms with Crippen LogP contribution in [0.3, 0.4) is 0 Å². The molecule has 228 valence electrons. The summed E-state index contributed by atoms with van der Waals surface area (Å²) in [6.07, 6.45) is 4.30. The van der Waals surface area contributed by atoms with E-state index in [1.165, 1.54) is 0 Å². The highest BCUT2D eigenvalue weighted by molar-refractivity contribution is 6.03. The molecule has 2 heterocycles. The van der Waals surface area contributed by atoms with E-state index in [9.17, 15) is 14.4 Å². The minimum Gasteiger partial charge on any atom is -0.379 e. The van der Waals surface area contributed by atoms with Gasteiger partial charge in [0.15, 0.2) is 5.78 Å². The predicted octanol–water partition coefficient (Wildman–Crippen LogP) is 1.63. The van der Waals surface area contributed by atoms with Crippen molar-refractivity contribution in [3.63, 3.8) is 0 Å². The van der Waals surface area contributed by atoms with Crippen LogP contribution in [0.2, 0.25) is 0 Å². The minimum absolute atomic E-state index is 0.0507. The minimum atomic E-state index is -0.573. The first-order valence-electron chi connectivity index (χ1n) is 15.0. The number of para-hydroxylation sites is 1. The lowest BCUT2D eigenvalue weighted by molar-refractivity contribution is -0.132. The fourth-order valence-electron chi connectivity index (χ4n) is 5.65. The Hall–Kier alpha value is -2.41. The second kappa shape index (κ2) is 16.3. The van der Waals surface area contributed by atoms with Crippen LogP contribution in [0, 0.1) is 0 Å². The van der Waals surface area contributed by atoms with Crippen molar-refractivity contribution in [3.05, 3.63) is 34.2 Å². The summed E-state index contributed by atoms with van der Waals surface area (Å²) in [5.41, 5.74) is 8.33. The number of rotatable bonds is 17. The van der Waals surface area contributed by atoms with Crippen molar-refractivity contribution in [3.8, 4) is 0 Å². The molecule has 1 aromatic carbocycles. The number of nitrogens with two attached hydrogens (primary N) is 1. The molecular weight excluding hydrogens is 528 g/mol. The van der Waals surface area contributed by atoms with E-state index in [0.29, 0.717) is 65.1 Å². The van der Waals surface area contributed by atoms with E-state index in [1.54, 1.807) is 16.2 Å². The molecule has 2 aliphatic rings. The molecule has 11 heteroatoms. The highest BCUT2D eigenvalue weighted by atomic mass is 16.6. The van der Waals surface area contributed by atoms with Crippen molar-refractivity contribution < 1.29 is 28.5 Å². The predicted molar refractivity (Wildman–Crippen MR) is 155 cm³/mol. The molecular formula is C30H46N4O7. The second-order valence-corrected chi connectivity index (χ2v) is 11.0. The third kappa shape index (κ3) is 9.04. The number of Topliss-reactive ketones (excluding diaryl/α,β-unsaturated/α-hetero) is 2. The third-order valence-corrected chi connectivity index (χ3v) is 7.97. The summed E-state index contributed by atoms with van der Waals surface area (Å²) in [7, 11) is 1.74. The van der Waals surface area contributed by atoms with Crippen LogP contribution >= 0.6 is 0 Å². The molecule has 2 fully saturated rings. The number of aromatic nitrogens is 2. The summed E-state index contributed by atoms with van der Waals surface area (Å²) in [6, 6.07) is 5.59. The maximum absolute atomic E-state index is 13.1. The zero-order valence-corrected chi connectivity index (χ0v) is 24.4. The van der Waals surface area contributed by atoms with E-state index in [-0.39, 0.29) is 23.7 Å². The van der Waals surface area contributed by atoms with Crippen molar-refractivity contribution in [2.75, 3.05) is 72.5 Å². The van der Waals surface area contributed by atoms with Gasteiger partial charge in [0.1, 0.15) is 5.78 Å². The molecule has 1 saturated heterocycles. The van der Waals surface area contributed by atoms with Gasteiger partial charge in [-0.25, -0.2) is 4.79 Å². The molecule has 2 aromatic rings. The average molecular weight is 575 g/mol. The van der Waals surface area contributed by atoms with E-state index >= 15 is 0 Å². The molecule has 0 radical (unpaired) electrons. The van der Waals surface area contributed by atoms with Gasteiger partial charge in [-0.2, -0.15) is 0 Å². The van der Waals surface area contributed by atoms with Crippen LogP contribution in [0.1, 0.15) is 50.1 Å². The van der Waals surface area contributed by atoms with E-state index < -0.39 is 6.04 Å². The number of likely N-dealkylation sites (tertiary alicyclic amines) is 1. The van der Waals surface area contributed by atoms with E-state index in [1.807, 2.05) is 18.2 Å². The number of imidazole rings is 1. The lowest BCUT2D eigenvalue weighted by atomic mass is 9.92. The monoisotopic (exact) mass is 574 g/mol. The van der Waals surface area contributed by atoms with E-state index in [2.05, 4.69) is 4.90 Å². The summed E-state index contributed by atoms with van der Waals surface area (Å²) in [6.45, 7) is 7.57. The number of carbonyl (C=O) groups is 2. The number of benzene rings is 1. The molecule has 1 aromatic heterocycles. The number of hydrogen-bond donors (Lipinski definition) is 1. The maximum Gasteiger partial charge on any atom is 0.329 e.